The molecule has 1 unspecified atom stereocenters. The van der Waals surface area contributed by atoms with Gasteiger partial charge in [0.2, 0.25) is 5.91 Å². The molecule has 2 rings (SSSR count). The summed E-state index contributed by atoms with van der Waals surface area (Å²) in [5, 5.41) is 0. The number of nitrogens with zero attached hydrogens (tertiary/aromatic N) is 1. The van der Waals surface area contributed by atoms with Crippen LogP contribution in [0.4, 0.5) is 5.69 Å². The highest BCUT2D eigenvalue weighted by Gasteiger charge is 2.43. The summed E-state index contributed by atoms with van der Waals surface area (Å²) in [6, 6.07) is 7.58. The molecule has 0 fully saturated rings. The Balaban J connectivity index is 2.36. The van der Waals surface area contributed by atoms with Gasteiger partial charge in [0.15, 0.2) is 6.29 Å². The molecule has 1 aromatic carbocycles. The summed E-state index contributed by atoms with van der Waals surface area (Å²) in [6.45, 7) is 9.57. The number of carbonyl (C=O) groups excluding carboxylic acids is 1. The zero-order valence-corrected chi connectivity index (χ0v) is 15.0. The molecule has 24 heavy (non-hydrogen) atoms. The summed E-state index contributed by atoms with van der Waals surface area (Å²) >= 11 is 0. The van der Waals surface area contributed by atoms with E-state index >= 15 is 0 Å². The first-order valence-electron chi connectivity index (χ1n) is 8.43. The molecule has 1 amide bonds. The van der Waals surface area contributed by atoms with Crippen molar-refractivity contribution >= 4 is 11.6 Å². The molecule has 0 spiro atoms. The molecule has 0 bridgehead atoms. The SMILES string of the molecule is CCOC(CN1c2ccccc2OCC1C(C)(C)C(N)=O)OCC. The van der Waals surface area contributed by atoms with E-state index < -0.39 is 5.41 Å². The van der Waals surface area contributed by atoms with Gasteiger partial charge in [-0.25, -0.2) is 0 Å². The largest absolute Gasteiger partial charge is 0.489 e. The predicted octanol–water partition coefficient (Wildman–Crippen LogP) is 2.16. The topological polar surface area (TPSA) is 74.0 Å². The Kier molecular flexibility index (Phi) is 6.07. The molecule has 0 aliphatic carbocycles. The van der Waals surface area contributed by atoms with Crippen molar-refractivity contribution in [1.29, 1.82) is 0 Å². The fraction of sp³-hybridized carbons (Fsp3) is 0.611. The van der Waals surface area contributed by atoms with Crippen molar-refractivity contribution in [2.24, 2.45) is 11.1 Å². The summed E-state index contributed by atoms with van der Waals surface area (Å²) in [5.41, 5.74) is 5.82. The number of hydrogen-bond donors (Lipinski definition) is 1. The Bertz CT molecular complexity index is 556. The Labute approximate surface area is 143 Å². The highest BCUT2D eigenvalue weighted by atomic mass is 16.7. The molecule has 1 aliphatic rings. The standard InChI is InChI=1S/C18H28N2O4/c1-5-22-16(23-6-2)11-20-13-9-7-8-10-14(13)24-12-15(20)18(3,4)17(19)21/h7-10,15-16H,5-6,11-12H2,1-4H3,(H2,19,21). The first kappa shape index (κ1) is 18.5. The molecule has 0 saturated heterocycles. The maximum absolute atomic E-state index is 12.0. The second-order valence-corrected chi connectivity index (χ2v) is 6.37. The Morgan fingerprint density at radius 3 is 2.54 bits per heavy atom. The monoisotopic (exact) mass is 336 g/mol. The van der Waals surface area contributed by atoms with Gasteiger partial charge >= 0.3 is 0 Å². The maximum Gasteiger partial charge on any atom is 0.225 e. The summed E-state index contributed by atoms with van der Waals surface area (Å²) in [4.78, 5) is 14.1. The first-order valence-corrected chi connectivity index (χ1v) is 8.43. The van der Waals surface area contributed by atoms with E-state index in [1.165, 1.54) is 0 Å². The fourth-order valence-corrected chi connectivity index (χ4v) is 2.92. The van der Waals surface area contributed by atoms with E-state index in [1.54, 1.807) is 0 Å². The molecule has 1 aliphatic heterocycles. The lowest BCUT2D eigenvalue weighted by Gasteiger charge is -2.45. The third-order valence-corrected chi connectivity index (χ3v) is 4.47. The van der Waals surface area contributed by atoms with Crippen molar-refractivity contribution in [2.45, 2.75) is 40.0 Å². The van der Waals surface area contributed by atoms with Crippen LogP contribution < -0.4 is 15.4 Å². The quantitative estimate of drug-likeness (QED) is 0.737. The van der Waals surface area contributed by atoms with E-state index in [1.807, 2.05) is 52.0 Å². The van der Waals surface area contributed by atoms with Crippen molar-refractivity contribution in [3.63, 3.8) is 0 Å². The molecule has 0 saturated carbocycles. The van der Waals surface area contributed by atoms with Gasteiger partial charge in [-0.3, -0.25) is 4.79 Å². The third kappa shape index (κ3) is 3.82. The van der Waals surface area contributed by atoms with Crippen LogP contribution in [0.1, 0.15) is 27.7 Å². The molecule has 2 N–H and O–H groups in total. The molecule has 6 heteroatoms. The van der Waals surface area contributed by atoms with Gasteiger partial charge in [0.05, 0.1) is 23.7 Å². The maximum atomic E-state index is 12.0. The van der Waals surface area contributed by atoms with Gasteiger partial charge in [0.25, 0.3) is 0 Å². The van der Waals surface area contributed by atoms with Crippen LogP contribution in [0.2, 0.25) is 0 Å². The van der Waals surface area contributed by atoms with Gasteiger partial charge < -0.3 is 24.8 Å². The average Bonchev–Trinajstić information content (AvgIpc) is 2.55. The van der Waals surface area contributed by atoms with E-state index in [0.29, 0.717) is 26.4 Å². The lowest BCUT2D eigenvalue weighted by atomic mass is 9.82. The van der Waals surface area contributed by atoms with Gasteiger partial charge in [-0.15, -0.1) is 0 Å². The second-order valence-electron chi connectivity index (χ2n) is 6.37. The minimum atomic E-state index is -0.753. The molecule has 1 aromatic rings. The Morgan fingerprint density at radius 1 is 1.33 bits per heavy atom. The second kappa shape index (κ2) is 7.85. The van der Waals surface area contributed by atoms with Gasteiger partial charge in [-0.1, -0.05) is 12.1 Å². The van der Waals surface area contributed by atoms with Crippen LogP contribution in [0.5, 0.6) is 5.75 Å². The van der Waals surface area contributed by atoms with Crippen molar-refractivity contribution < 1.29 is 19.0 Å². The number of primary amides is 1. The number of para-hydroxylation sites is 2. The van der Waals surface area contributed by atoms with E-state index in [0.717, 1.165) is 11.4 Å². The van der Waals surface area contributed by atoms with Gasteiger partial charge in [-0.05, 0) is 39.8 Å². The molecule has 0 radical (unpaired) electrons. The number of amides is 1. The smallest absolute Gasteiger partial charge is 0.225 e. The van der Waals surface area contributed by atoms with Crippen LogP contribution in [0.15, 0.2) is 24.3 Å². The van der Waals surface area contributed by atoms with E-state index in [9.17, 15) is 4.79 Å². The van der Waals surface area contributed by atoms with Gasteiger partial charge in [-0.2, -0.15) is 0 Å². The minimum absolute atomic E-state index is 0.201. The molecule has 6 nitrogen and oxygen atoms in total. The average molecular weight is 336 g/mol. The third-order valence-electron chi connectivity index (χ3n) is 4.47. The zero-order chi connectivity index (χ0) is 17.7. The van der Waals surface area contributed by atoms with Crippen LogP contribution in [0.3, 0.4) is 0 Å². The lowest BCUT2D eigenvalue weighted by molar-refractivity contribution is -0.135. The number of nitrogens with two attached hydrogens (primary N) is 1. The van der Waals surface area contributed by atoms with Crippen LogP contribution >= 0.6 is 0 Å². The van der Waals surface area contributed by atoms with Crippen LogP contribution in [-0.2, 0) is 14.3 Å². The van der Waals surface area contributed by atoms with Crippen LogP contribution in [0.25, 0.3) is 0 Å². The number of ether oxygens (including phenoxy) is 3. The minimum Gasteiger partial charge on any atom is -0.489 e. The van der Waals surface area contributed by atoms with Crippen LogP contribution in [0, 0.1) is 5.41 Å². The summed E-state index contributed by atoms with van der Waals surface area (Å²) < 4.78 is 17.3. The normalized spacial score (nSPS) is 17.5. The number of hydrogen-bond acceptors (Lipinski definition) is 5. The Morgan fingerprint density at radius 2 is 1.96 bits per heavy atom. The van der Waals surface area contributed by atoms with Crippen LogP contribution in [-0.4, -0.2) is 44.6 Å². The fourth-order valence-electron chi connectivity index (χ4n) is 2.92. The van der Waals surface area contributed by atoms with E-state index in [-0.39, 0.29) is 18.2 Å². The molecule has 1 atom stereocenters. The highest BCUT2D eigenvalue weighted by Crippen LogP contribution is 2.39. The first-order chi connectivity index (χ1) is 11.4. The number of anilines is 1. The van der Waals surface area contributed by atoms with Crippen molar-refractivity contribution in [1.82, 2.24) is 0 Å². The van der Waals surface area contributed by atoms with Gasteiger partial charge in [0, 0.05) is 13.2 Å². The van der Waals surface area contributed by atoms with Gasteiger partial charge in [0.1, 0.15) is 12.4 Å². The number of fused-ring (bicyclic) bond motifs is 1. The number of benzene rings is 1. The van der Waals surface area contributed by atoms with Crippen molar-refractivity contribution in [3.8, 4) is 5.75 Å². The molecular formula is C18H28N2O4. The molecule has 0 aromatic heterocycles. The van der Waals surface area contributed by atoms with Crippen molar-refractivity contribution in [3.05, 3.63) is 24.3 Å². The summed E-state index contributed by atoms with van der Waals surface area (Å²) in [5.74, 6) is 0.436. The molecule has 1 heterocycles. The Hall–Kier alpha value is -1.79. The molecular weight excluding hydrogens is 308 g/mol. The number of rotatable bonds is 8. The summed E-state index contributed by atoms with van der Waals surface area (Å²) in [6.07, 6.45) is -0.377. The zero-order valence-electron chi connectivity index (χ0n) is 15.0. The molecule has 134 valence electrons. The lowest BCUT2D eigenvalue weighted by Crippen LogP contribution is -2.58. The predicted molar refractivity (Wildman–Crippen MR) is 93.1 cm³/mol. The van der Waals surface area contributed by atoms with E-state index in [2.05, 4.69) is 4.90 Å². The number of carbonyl (C=O) groups is 1. The van der Waals surface area contributed by atoms with E-state index in [4.69, 9.17) is 19.9 Å². The van der Waals surface area contributed by atoms with Crippen molar-refractivity contribution in [2.75, 3.05) is 31.3 Å². The highest BCUT2D eigenvalue weighted by molar-refractivity contribution is 5.82. The summed E-state index contributed by atoms with van der Waals surface area (Å²) in [7, 11) is 0.